The van der Waals surface area contributed by atoms with Crippen LogP contribution in [0.5, 0.6) is 0 Å². The fraction of sp³-hybridized carbons (Fsp3) is 0.167. The molecule has 2 aromatic rings. The number of hydrogen-bond donors (Lipinski definition) is 2. The summed E-state index contributed by atoms with van der Waals surface area (Å²) < 4.78 is 40.0. The fourth-order valence-corrected chi connectivity index (χ4v) is 3.81. The molecule has 3 N–H and O–H groups in total. The maximum atomic E-state index is 13.4. The van der Waals surface area contributed by atoms with Crippen LogP contribution in [0.25, 0.3) is 0 Å². The summed E-state index contributed by atoms with van der Waals surface area (Å²) in [4.78, 5) is 0.915. The van der Waals surface area contributed by atoms with Crippen LogP contribution in [0.1, 0.15) is 10.4 Å². The number of sulfonamides is 1. The van der Waals surface area contributed by atoms with Crippen LogP contribution in [-0.4, -0.2) is 8.42 Å². The Kier molecular flexibility index (Phi) is 3.88. The van der Waals surface area contributed by atoms with Crippen molar-refractivity contribution in [3.05, 3.63) is 45.9 Å². The van der Waals surface area contributed by atoms with Crippen LogP contribution in [0.2, 0.25) is 0 Å². The van der Waals surface area contributed by atoms with Crippen molar-refractivity contribution in [2.75, 3.05) is 4.72 Å². The van der Waals surface area contributed by atoms with Crippen LogP contribution in [0.3, 0.4) is 0 Å². The first kappa shape index (κ1) is 14.0. The molecule has 0 saturated heterocycles. The van der Waals surface area contributed by atoms with Crippen molar-refractivity contribution in [2.45, 2.75) is 18.4 Å². The van der Waals surface area contributed by atoms with Gasteiger partial charge in [0, 0.05) is 22.4 Å². The summed E-state index contributed by atoms with van der Waals surface area (Å²) in [6.07, 6.45) is 0. The molecule has 1 heterocycles. The lowest BCUT2D eigenvalue weighted by molar-refractivity contribution is 0.601. The van der Waals surface area contributed by atoms with Crippen molar-refractivity contribution in [1.29, 1.82) is 0 Å². The molecule has 0 aliphatic rings. The Bertz CT molecular complexity index is 696. The molecule has 7 heteroatoms. The molecular formula is C12H13FN2O2S2. The lowest BCUT2D eigenvalue weighted by Gasteiger charge is -2.09. The van der Waals surface area contributed by atoms with Gasteiger partial charge in [0.05, 0.1) is 10.6 Å². The molecule has 0 unspecified atom stereocenters. The van der Waals surface area contributed by atoms with Crippen LogP contribution < -0.4 is 10.5 Å². The molecule has 1 aromatic heterocycles. The third-order valence-electron chi connectivity index (χ3n) is 2.65. The topological polar surface area (TPSA) is 72.2 Å². The summed E-state index contributed by atoms with van der Waals surface area (Å²) in [6, 6.07) is 5.77. The van der Waals surface area contributed by atoms with Crippen LogP contribution in [0.4, 0.5) is 10.1 Å². The highest BCUT2D eigenvalue weighted by Crippen LogP contribution is 2.24. The molecular weight excluding hydrogens is 287 g/mol. The van der Waals surface area contributed by atoms with Gasteiger partial charge in [0.1, 0.15) is 5.82 Å². The fourth-order valence-electron chi connectivity index (χ4n) is 1.53. The smallest absolute Gasteiger partial charge is 0.262 e. The third kappa shape index (κ3) is 2.94. The van der Waals surface area contributed by atoms with E-state index < -0.39 is 15.8 Å². The second-order valence-corrected chi connectivity index (χ2v) is 6.65. The summed E-state index contributed by atoms with van der Waals surface area (Å²) in [7, 11) is -3.70. The van der Waals surface area contributed by atoms with Gasteiger partial charge in [-0.2, -0.15) is 0 Å². The second kappa shape index (κ2) is 5.28. The molecule has 19 heavy (non-hydrogen) atoms. The SMILES string of the molecule is Cc1c(F)cccc1NS(=O)(=O)c1csc(CN)c1. The zero-order valence-electron chi connectivity index (χ0n) is 10.2. The number of nitrogens with two attached hydrogens (primary N) is 1. The average molecular weight is 300 g/mol. The number of nitrogens with one attached hydrogen (secondary N) is 1. The minimum absolute atomic E-state index is 0.140. The highest BCUT2D eigenvalue weighted by molar-refractivity contribution is 7.92. The van der Waals surface area contributed by atoms with Gasteiger partial charge in [-0.1, -0.05) is 6.07 Å². The minimum atomic E-state index is -3.70. The highest BCUT2D eigenvalue weighted by Gasteiger charge is 2.17. The van der Waals surface area contributed by atoms with Crippen molar-refractivity contribution in [3.63, 3.8) is 0 Å². The summed E-state index contributed by atoms with van der Waals surface area (Å²) in [6.45, 7) is 1.81. The van der Waals surface area contributed by atoms with Crippen molar-refractivity contribution >= 4 is 27.0 Å². The Morgan fingerprint density at radius 3 is 2.79 bits per heavy atom. The van der Waals surface area contributed by atoms with Gasteiger partial charge in [-0.05, 0) is 25.1 Å². The molecule has 0 aliphatic carbocycles. The van der Waals surface area contributed by atoms with Crippen LogP contribution in [-0.2, 0) is 16.6 Å². The average Bonchev–Trinajstić information content (AvgIpc) is 2.84. The molecule has 4 nitrogen and oxygen atoms in total. The number of rotatable bonds is 4. The monoisotopic (exact) mass is 300 g/mol. The summed E-state index contributed by atoms with van der Waals surface area (Å²) >= 11 is 1.28. The Balaban J connectivity index is 2.33. The standard InChI is InChI=1S/C12H13FN2O2S2/c1-8-11(13)3-2-4-12(8)15-19(16,17)10-5-9(6-14)18-7-10/h2-5,7,15H,6,14H2,1H3. The van der Waals surface area contributed by atoms with E-state index in [4.69, 9.17) is 5.73 Å². The van der Waals surface area contributed by atoms with Crippen LogP contribution >= 0.6 is 11.3 Å². The van der Waals surface area contributed by atoms with Crippen LogP contribution in [0, 0.1) is 12.7 Å². The Hall–Kier alpha value is -1.44. The normalized spacial score (nSPS) is 11.5. The van der Waals surface area contributed by atoms with Gasteiger partial charge < -0.3 is 5.73 Å². The number of thiophene rings is 1. The highest BCUT2D eigenvalue weighted by atomic mass is 32.2. The van der Waals surface area contributed by atoms with Gasteiger partial charge in [0.15, 0.2) is 0 Å². The number of benzene rings is 1. The third-order valence-corrected chi connectivity index (χ3v) is 5.11. The quantitative estimate of drug-likeness (QED) is 0.911. The van der Waals surface area contributed by atoms with E-state index in [2.05, 4.69) is 4.72 Å². The van der Waals surface area contributed by atoms with E-state index in [-0.39, 0.29) is 16.1 Å². The summed E-state index contributed by atoms with van der Waals surface area (Å²) in [5.41, 5.74) is 5.95. The largest absolute Gasteiger partial charge is 0.326 e. The molecule has 102 valence electrons. The first-order valence-corrected chi connectivity index (χ1v) is 7.86. The maximum absolute atomic E-state index is 13.4. The number of hydrogen-bond acceptors (Lipinski definition) is 4. The second-order valence-electron chi connectivity index (χ2n) is 3.97. The van der Waals surface area contributed by atoms with Crippen molar-refractivity contribution in [2.24, 2.45) is 5.73 Å². The van der Waals surface area contributed by atoms with E-state index in [9.17, 15) is 12.8 Å². The van der Waals surface area contributed by atoms with Crippen molar-refractivity contribution in [1.82, 2.24) is 0 Å². The molecule has 0 atom stereocenters. The van der Waals surface area contributed by atoms with Crippen LogP contribution in [0.15, 0.2) is 34.5 Å². The van der Waals surface area contributed by atoms with E-state index in [1.165, 1.54) is 47.9 Å². The van der Waals surface area contributed by atoms with E-state index in [0.29, 0.717) is 6.54 Å². The molecule has 0 aliphatic heterocycles. The van der Waals surface area contributed by atoms with Crippen molar-refractivity contribution in [3.8, 4) is 0 Å². The lowest BCUT2D eigenvalue weighted by Crippen LogP contribution is -2.13. The number of halogens is 1. The zero-order chi connectivity index (χ0) is 14.0. The van der Waals surface area contributed by atoms with Gasteiger partial charge in [0.2, 0.25) is 0 Å². The van der Waals surface area contributed by atoms with Gasteiger partial charge >= 0.3 is 0 Å². The molecule has 2 rings (SSSR count). The number of anilines is 1. The Morgan fingerprint density at radius 1 is 1.42 bits per heavy atom. The first-order valence-electron chi connectivity index (χ1n) is 5.49. The Labute approximate surface area is 115 Å². The van der Waals surface area contributed by atoms with Crippen molar-refractivity contribution < 1.29 is 12.8 Å². The molecule has 1 aromatic carbocycles. The molecule has 0 spiro atoms. The molecule has 0 bridgehead atoms. The van der Waals surface area contributed by atoms with E-state index >= 15 is 0 Å². The van der Waals surface area contributed by atoms with Gasteiger partial charge in [0.25, 0.3) is 10.0 Å². The van der Waals surface area contributed by atoms with E-state index in [1.54, 1.807) is 0 Å². The van der Waals surface area contributed by atoms with Gasteiger partial charge in [-0.15, -0.1) is 11.3 Å². The summed E-state index contributed by atoms with van der Waals surface area (Å²) in [5, 5.41) is 1.51. The molecule has 0 radical (unpaired) electrons. The predicted octanol–water partition coefficient (Wildman–Crippen LogP) is 2.46. The molecule has 0 amide bonds. The molecule has 0 fully saturated rings. The minimum Gasteiger partial charge on any atom is -0.326 e. The first-order chi connectivity index (χ1) is 8.94. The van der Waals surface area contributed by atoms with E-state index in [1.807, 2.05) is 0 Å². The Morgan fingerprint density at radius 2 is 2.16 bits per heavy atom. The lowest BCUT2D eigenvalue weighted by atomic mass is 10.2. The zero-order valence-corrected chi connectivity index (χ0v) is 11.8. The maximum Gasteiger partial charge on any atom is 0.262 e. The van der Waals surface area contributed by atoms with E-state index in [0.717, 1.165) is 4.88 Å². The molecule has 0 saturated carbocycles. The van der Waals surface area contributed by atoms with Gasteiger partial charge in [-0.25, -0.2) is 12.8 Å². The van der Waals surface area contributed by atoms with Gasteiger partial charge in [-0.3, -0.25) is 4.72 Å². The summed E-state index contributed by atoms with van der Waals surface area (Å²) in [5.74, 6) is -0.451. The predicted molar refractivity (Wildman–Crippen MR) is 74.2 cm³/mol.